The Morgan fingerprint density at radius 3 is 2.24 bits per heavy atom. The van der Waals surface area contributed by atoms with Gasteiger partial charge in [0.1, 0.15) is 0 Å². The summed E-state index contributed by atoms with van der Waals surface area (Å²) >= 11 is 0. The number of piperazine rings is 1. The molecule has 1 aliphatic heterocycles. The molecule has 0 aliphatic carbocycles. The highest BCUT2D eigenvalue weighted by molar-refractivity contribution is 5.78. The van der Waals surface area contributed by atoms with E-state index in [4.69, 9.17) is 9.47 Å². The highest BCUT2D eigenvalue weighted by Gasteiger charge is 2.32. The first kappa shape index (κ1) is 28.9. The first-order chi connectivity index (χ1) is 17.9. The Morgan fingerprint density at radius 1 is 0.895 bits per heavy atom. The number of carbonyl (C=O) groups excluding carboxylic acids is 2. The van der Waals surface area contributed by atoms with Gasteiger partial charge >= 0.3 is 18.3 Å². The van der Waals surface area contributed by atoms with Gasteiger partial charge in [-0.05, 0) is 42.8 Å². The van der Waals surface area contributed by atoms with Crippen LogP contribution in [0.25, 0.3) is 0 Å². The standard InChI is InChI=1S/C25H26F6N2O5/c1-2-36-21-12-17(13-23(35)38-16-24(26,27)28)6-7-20(21)37-15-22(34)33-10-8-32(9-11-33)19-5-3-4-18(14-19)25(29,30)31/h3-7,12,14H,2,8-11,13,15-16H2,1H3. The fourth-order valence-electron chi connectivity index (χ4n) is 3.75. The maximum absolute atomic E-state index is 13.0. The topological polar surface area (TPSA) is 68.3 Å². The minimum absolute atomic E-state index is 0.204. The number of benzene rings is 2. The van der Waals surface area contributed by atoms with Crippen LogP contribution >= 0.6 is 0 Å². The van der Waals surface area contributed by atoms with Gasteiger partial charge in [0, 0.05) is 31.9 Å². The van der Waals surface area contributed by atoms with Crippen LogP contribution in [0.3, 0.4) is 0 Å². The molecule has 0 saturated carbocycles. The zero-order valence-electron chi connectivity index (χ0n) is 20.4. The molecule has 0 radical (unpaired) electrons. The Hall–Kier alpha value is -3.64. The molecular formula is C25H26F6N2O5. The lowest BCUT2D eigenvalue weighted by atomic mass is 10.1. The smallest absolute Gasteiger partial charge is 0.422 e. The number of hydrogen-bond donors (Lipinski definition) is 0. The van der Waals surface area contributed by atoms with Crippen LogP contribution in [0.2, 0.25) is 0 Å². The minimum atomic E-state index is -4.62. The number of esters is 1. The summed E-state index contributed by atoms with van der Waals surface area (Å²) in [7, 11) is 0. The number of hydrogen-bond acceptors (Lipinski definition) is 6. The van der Waals surface area contributed by atoms with Crippen molar-refractivity contribution in [3.8, 4) is 11.5 Å². The zero-order valence-corrected chi connectivity index (χ0v) is 20.4. The maximum atomic E-state index is 13.0. The highest BCUT2D eigenvalue weighted by atomic mass is 19.4. The predicted octanol–water partition coefficient (Wildman–Crippen LogP) is 4.48. The molecule has 2 aromatic carbocycles. The summed E-state index contributed by atoms with van der Waals surface area (Å²) < 4.78 is 91.0. The highest BCUT2D eigenvalue weighted by Crippen LogP contribution is 2.32. The van der Waals surface area contributed by atoms with Crippen LogP contribution in [0.15, 0.2) is 42.5 Å². The molecular weight excluding hydrogens is 522 g/mol. The third kappa shape index (κ3) is 8.45. The fraction of sp³-hybridized carbons (Fsp3) is 0.440. The summed E-state index contributed by atoms with van der Waals surface area (Å²) in [6.07, 6.45) is -9.48. The van der Waals surface area contributed by atoms with Gasteiger partial charge in [-0.1, -0.05) is 12.1 Å². The minimum Gasteiger partial charge on any atom is -0.490 e. The molecule has 1 fully saturated rings. The predicted molar refractivity (Wildman–Crippen MR) is 124 cm³/mol. The van der Waals surface area contributed by atoms with Crippen molar-refractivity contribution in [1.29, 1.82) is 0 Å². The molecule has 1 aliphatic rings. The first-order valence-corrected chi connectivity index (χ1v) is 11.7. The Balaban J connectivity index is 1.54. The van der Waals surface area contributed by atoms with Gasteiger partial charge < -0.3 is 24.0 Å². The SMILES string of the molecule is CCOc1cc(CC(=O)OCC(F)(F)F)ccc1OCC(=O)N1CCN(c2cccc(C(F)(F)F)c2)CC1. The second kappa shape index (κ2) is 12.3. The van der Waals surface area contributed by atoms with Gasteiger partial charge in [0.05, 0.1) is 18.6 Å². The second-order valence-corrected chi connectivity index (χ2v) is 8.37. The summed E-state index contributed by atoms with van der Waals surface area (Å²) in [4.78, 5) is 27.7. The Kier molecular flexibility index (Phi) is 9.34. The van der Waals surface area contributed by atoms with Crippen molar-refractivity contribution in [2.45, 2.75) is 25.7 Å². The molecule has 1 amide bonds. The van der Waals surface area contributed by atoms with Gasteiger partial charge in [-0.25, -0.2) is 0 Å². The van der Waals surface area contributed by atoms with Crippen LogP contribution in [0.4, 0.5) is 32.0 Å². The third-order valence-corrected chi connectivity index (χ3v) is 5.58. The number of nitrogens with zero attached hydrogens (tertiary/aromatic N) is 2. The molecule has 1 saturated heterocycles. The lowest BCUT2D eigenvalue weighted by Crippen LogP contribution is -2.50. The summed E-state index contributed by atoms with van der Waals surface area (Å²) in [5.74, 6) is -0.986. The fourth-order valence-corrected chi connectivity index (χ4v) is 3.75. The Labute approximate surface area is 214 Å². The van der Waals surface area contributed by atoms with Crippen LogP contribution < -0.4 is 14.4 Å². The number of anilines is 1. The number of halogens is 6. The van der Waals surface area contributed by atoms with E-state index in [1.807, 2.05) is 0 Å². The van der Waals surface area contributed by atoms with E-state index < -0.39 is 36.9 Å². The summed E-state index contributed by atoms with van der Waals surface area (Å²) in [6.45, 7) is 1.17. The average Bonchev–Trinajstić information content (AvgIpc) is 2.86. The third-order valence-electron chi connectivity index (χ3n) is 5.58. The van der Waals surface area contributed by atoms with Crippen LogP contribution in [-0.4, -0.2) is 69.0 Å². The Bertz CT molecular complexity index is 1110. The van der Waals surface area contributed by atoms with Crippen LogP contribution in [0, 0.1) is 0 Å². The second-order valence-electron chi connectivity index (χ2n) is 8.37. The number of rotatable bonds is 9. The lowest BCUT2D eigenvalue weighted by molar-refractivity contribution is -0.185. The van der Waals surface area contributed by atoms with Crippen LogP contribution in [0.5, 0.6) is 11.5 Å². The molecule has 0 unspecified atom stereocenters. The first-order valence-electron chi connectivity index (χ1n) is 11.7. The largest absolute Gasteiger partial charge is 0.490 e. The maximum Gasteiger partial charge on any atom is 0.422 e. The summed E-state index contributed by atoms with van der Waals surface area (Å²) in [5, 5.41) is 0. The Morgan fingerprint density at radius 2 is 1.61 bits per heavy atom. The van der Waals surface area contributed by atoms with Gasteiger partial charge in [0.25, 0.3) is 5.91 Å². The van der Waals surface area contributed by atoms with Crippen molar-refractivity contribution in [2.75, 3.05) is 50.9 Å². The normalized spacial score (nSPS) is 14.3. The molecule has 1 heterocycles. The molecule has 3 rings (SSSR count). The molecule has 208 valence electrons. The van der Waals surface area contributed by atoms with Crippen molar-refractivity contribution in [3.05, 3.63) is 53.6 Å². The van der Waals surface area contributed by atoms with Crippen LogP contribution in [-0.2, 0) is 26.9 Å². The van der Waals surface area contributed by atoms with E-state index in [0.717, 1.165) is 12.1 Å². The van der Waals surface area contributed by atoms with E-state index >= 15 is 0 Å². The summed E-state index contributed by atoms with van der Waals surface area (Å²) in [5.41, 5.74) is 0.0214. The lowest BCUT2D eigenvalue weighted by Gasteiger charge is -2.36. The zero-order chi connectivity index (χ0) is 27.9. The van der Waals surface area contributed by atoms with Crippen LogP contribution in [0.1, 0.15) is 18.1 Å². The van der Waals surface area contributed by atoms with Crippen molar-refractivity contribution in [2.24, 2.45) is 0 Å². The number of amides is 1. The van der Waals surface area contributed by atoms with Crippen molar-refractivity contribution in [1.82, 2.24) is 4.90 Å². The molecule has 13 heteroatoms. The molecule has 2 aromatic rings. The number of ether oxygens (including phenoxy) is 3. The number of alkyl halides is 6. The monoisotopic (exact) mass is 548 g/mol. The quantitative estimate of drug-likeness (QED) is 0.340. The van der Waals surface area contributed by atoms with Crippen molar-refractivity contribution >= 4 is 17.6 Å². The van der Waals surface area contributed by atoms with Gasteiger partial charge in [-0.15, -0.1) is 0 Å². The summed E-state index contributed by atoms with van der Waals surface area (Å²) in [6, 6.07) is 9.33. The van der Waals surface area contributed by atoms with Gasteiger partial charge in [-0.2, -0.15) is 26.3 Å². The van der Waals surface area contributed by atoms with Crippen molar-refractivity contribution < 1.29 is 50.1 Å². The van der Waals surface area contributed by atoms with E-state index in [2.05, 4.69) is 4.74 Å². The molecule has 0 spiro atoms. The molecule has 0 aromatic heterocycles. The molecule has 0 atom stereocenters. The van der Waals surface area contributed by atoms with E-state index in [1.54, 1.807) is 17.9 Å². The number of carbonyl (C=O) groups is 2. The van der Waals surface area contributed by atoms with Crippen molar-refractivity contribution in [3.63, 3.8) is 0 Å². The van der Waals surface area contributed by atoms with Gasteiger partial charge in [0.15, 0.2) is 24.7 Å². The van der Waals surface area contributed by atoms with E-state index in [1.165, 1.54) is 29.2 Å². The van der Waals surface area contributed by atoms with E-state index in [-0.39, 0.29) is 43.7 Å². The average molecular weight is 548 g/mol. The molecule has 0 bridgehead atoms. The molecule has 7 nitrogen and oxygen atoms in total. The van der Waals surface area contributed by atoms with Gasteiger partial charge in [-0.3, -0.25) is 9.59 Å². The van der Waals surface area contributed by atoms with E-state index in [0.29, 0.717) is 24.3 Å². The molecule has 0 N–H and O–H groups in total. The molecule has 38 heavy (non-hydrogen) atoms. The van der Waals surface area contributed by atoms with Gasteiger partial charge in [0.2, 0.25) is 0 Å². The van der Waals surface area contributed by atoms with E-state index in [9.17, 15) is 35.9 Å².